The summed E-state index contributed by atoms with van der Waals surface area (Å²) in [6.07, 6.45) is 0. The molecule has 0 amide bonds. The minimum absolute atomic E-state index is 0.902. The highest BCUT2D eigenvalue weighted by molar-refractivity contribution is 6.13. The fourth-order valence-electron chi connectivity index (χ4n) is 8.73. The largest absolute Gasteiger partial charge is 0.455 e. The lowest BCUT2D eigenvalue weighted by Gasteiger charge is -2.26. The van der Waals surface area contributed by atoms with Crippen LogP contribution in [0.2, 0.25) is 0 Å². The average molecular weight is 766 g/mol. The second-order valence-electron chi connectivity index (χ2n) is 15.3. The van der Waals surface area contributed by atoms with Gasteiger partial charge in [-0.3, -0.25) is 0 Å². The van der Waals surface area contributed by atoms with Gasteiger partial charge in [0.1, 0.15) is 11.2 Å². The van der Waals surface area contributed by atoms with Crippen molar-refractivity contribution in [3.63, 3.8) is 0 Å². The van der Waals surface area contributed by atoms with E-state index in [0.29, 0.717) is 0 Å². The van der Waals surface area contributed by atoms with E-state index >= 15 is 0 Å². The first-order valence-electron chi connectivity index (χ1n) is 20.5. The molecular weight excluding hydrogens is 727 g/mol. The van der Waals surface area contributed by atoms with E-state index in [1.165, 1.54) is 33.0 Å². The molecule has 10 aromatic carbocycles. The molecule has 2 nitrogen and oxygen atoms in total. The van der Waals surface area contributed by atoms with E-state index in [2.05, 4.69) is 241 Å². The third-order valence-electron chi connectivity index (χ3n) is 11.7. The van der Waals surface area contributed by atoms with Crippen LogP contribution >= 0.6 is 0 Å². The Labute approximate surface area is 349 Å². The van der Waals surface area contributed by atoms with Crippen LogP contribution in [0.25, 0.3) is 88.3 Å². The molecule has 0 spiro atoms. The van der Waals surface area contributed by atoms with Gasteiger partial charge in [-0.2, -0.15) is 0 Å². The van der Waals surface area contributed by atoms with Crippen molar-refractivity contribution in [2.45, 2.75) is 0 Å². The zero-order valence-electron chi connectivity index (χ0n) is 32.9. The molecule has 0 aliphatic rings. The van der Waals surface area contributed by atoms with Gasteiger partial charge in [0, 0.05) is 39.0 Å². The number of anilines is 3. The monoisotopic (exact) mass is 765 g/mol. The Morgan fingerprint density at radius 2 is 0.683 bits per heavy atom. The predicted molar refractivity (Wildman–Crippen MR) is 253 cm³/mol. The first kappa shape index (κ1) is 35.2. The normalized spacial score (nSPS) is 11.3. The summed E-state index contributed by atoms with van der Waals surface area (Å²) in [5.41, 5.74) is 16.6. The Morgan fingerprint density at radius 3 is 1.38 bits per heavy atom. The van der Waals surface area contributed by atoms with Gasteiger partial charge in [0.25, 0.3) is 0 Å². The third-order valence-corrected chi connectivity index (χ3v) is 11.7. The molecule has 0 atom stereocenters. The molecule has 0 aliphatic heterocycles. The van der Waals surface area contributed by atoms with Crippen LogP contribution in [0, 0.1) is 0 Å². The molecule has 0 unspecified atom stereocenters. The molecule has 0 saturated heterocycles. The number of nitrogens with zero attached hydrogens (tertiary/aromatic N) is 1. The standard InChI is InChI=1S/C58H39NO/c1-3-14-40(15-4-1)41-30-34-48(35-31-41)59(49-36-32-44(33-37-49)52-25-11-19-42-18-7-8-24-51(42)52)50-23-10-21-46(39-50)45-20-9-22-47(38-45)54-27-13-29-56-55-28-12-26-53(57(55)60-58(54)56)43-16-5-2-6-17-43/h1-39H. The number of benzene rings is 10. The highest BCUT2D eigenvalue weighted by Gasteiger charge is 2.18. The molecule has 60 heavy (non-hydrogen) atoms. The van der Waals surface area contributed by atoms with Gasteiger partial charge < -0.3 is 9.32 Å². The minimum Gasteiger partial charge on any atom is -0.455 e. The number of hydrogen-bond donors (Lipinski definition) is 0. The molecule has 0 aliphatic carbocycles. The Morgan fingerprint density at radius 1 is 0.250 bits per heavy atom. The fourth-order valence-corrected chi connectivity index (χ4v) is 8.73. The molecule has 282 valence electrons. The molecule has 0 N–H and O–H groups in total. The Bertz CT molecular complexity index is 3290. The predicted octanol–water partition coefficient (Wildman–Crippen LogP) is 16.5. The maximum Gasteiger partial charge on any atom is 0.143 e. The Balaban J connectivity index is 0.990. The zero-order valence-corrected chi connectivity index (χ0v) is 32.9. The summed E-state index contributed by atoms with van der Waals surface area (Å²) in [5.74, 6) is 0. The maximum atomic E-state index is 6.81. The highest BCUT2D eigenvalue weighted by Crippen LogP contribution is 2.42. The number of fused-ring (bicyclic) bond motifs is 4. The lowest BCUT2D eigenvalue weighted by atomic mass is 9.96. The van der Waals surface area contributed by atoms with Crippen LogP contribution in [0.4, 0.5) is 17.1 Å². The van der Waals surface area contributed by atoms with Crippen molar-refractivity contribution in [1.82, 2.24) is 0 Å². The number of hydrogen-bond acceptors (Lipinski definition) is 2. The van der Waals surface area contributed by atoms with Crippen LogP contribution in [0.1, 0.15) is 0 Å². The molecule has 1 heterocycles. The average Bonchev–Trinajstić information content (AvgIpc) is 3.72. The zero-order chi connectivity index (χ0) is 39.8. The molecule has 0 saturated carbocycles. The summed E-state index contributed by atoms with van der Waals surface area (Å²) in [7, 11) is 0. The SMILES string of the molecule is c1ccc(-c2ccc(N(c3ccc(-c4cccc5ccccc45)cc3)c3cccc(-c4cccc(-c5cccc6c5oc5c(-c7ccccc7)cccc56)c4)c3)cc2)cc1. The molecule has 11 aromatic rings. The third kappa shape index (κ3) is 6.41. The topological polar surface area (TPSA) is 16.4 Å². The van der Waals surface area contributed by atoms with Crippen LogP contribution < -0.4 is 4.90 Å². The molecule has 1 aromatic heterocycles. The first-order valence-corrected chi connectivity index (χ1v) is 20.5. The summed E-state index contributed by atoms with van der Waals surface area (Å²) < 4.78 is 6.81. The number of rotatable bonds is 8. The van der Waals surface area contributed by atoms with E-state index < -0.39 is 0 Å². The minimum atomic E-state index is 0.902. The van der Waals surface area contributed by atoms with E-state index in [4.69, 9.17) is 4.42 Å². The van der Waals surface area contributed by atoms with Crippen LogP contribution in [0.3, 0.4) is 0 Å². The number of furan rings is 1. The Hall–Kier alpha value is -7.94. The lowest BCUT2D eigenvalue weighted by Crippen LogP contribution is -2.10. The number of para-hydroxylation sites is 2. The van der Waals surface area contributed by atoms with Gasteiger partial charge in [0.2, 0.25) is 0 Å². The van der Waals surface area contributed by atoms with Crippen molar-refractivity contribution in [2.24, 2.45) is 0 Å². The van der Waals surface area contributed by atoms with E-state index in [0.717, 1.165) is 72.4 Å². The van der Waals surface area contributed by atoms with E-state index in [9.17, 15) is 0 Å². The van der Waals surface area contributed by atoms with Crippen LogP contribution in [-0.4, -0.2) is 0 Å². The summed E-state index contributed by atoms with van der Waals surface area (Å²) >= 11 is 0. The van der Waals surface area contributed by atoms with Gasteiger partial charge >= 0.3 is 0 Å². The van der Waals surface area contributed by atoms with E-state index in [1.54, 1.807) is 0 Å². The van der Waals surface area contributed by atoms with Crippen LogP contribution in [0.15, 0.2) is 241 Å². The molecular formula is C58H39NO. The van der Waals surface area contributed by atoms with Gasteiger partial charge in [-0.15, -0.1) is 0 Å². The second kappa shape index (κ2) is 15.1. The van der Waals surface area contributed by atoms with Crippen molar-refractivity contribution in [1.29, 1.82) is 0 Å². The van der Waals surface area contributed by atoms with Crippen molar-refractivity contribution in [3.8, 4) is 55.6 Å². The van der Waals surface area contributed by atoms with Crippen LogP contribution in [0.5, 0.6) is 0 Å². The Kier molecular flexibility index (Phi) is 8.87. The van der Waals surface area contributed by atoms with E-state index in [-0.39, 0.29) is 0 Å². The van der Waals surface area contributed by atoms with Gasteiger partial charge in [-0.25, -0.2) is 0 Å². The smallest absolute Gasteiger partial charge is 0.143 e. The first-order chi connectivity index (χ1) is 29.7. The van der Waals surface area contributed by atoms with Crippen LogP contribution in [-0.2, 0) is 0 Å². The summed E-state index contributed by atoms with van der Waals surface area (Å²) in [4.78, 5) is 2.36. The quantitative estimate of drug-likeness (QED) is 0.153. The van der Waals surface area contributed by atoms with Gasteiger partial charge in [-0.05, 0) is 97.7 Å². The summed E-state index contributed by atoms with van der Waals surface area (Å²) in [6, 6.07) is 84.7. The van der Waals surface area contributed by atoms with Crippen molar-refractivity contribution >= 4 is 49.8 Å². The summed E-state index contributed by atoms with van der Waals surface area (Å²) in [6.45, 7) is 0. The van der Waals surface area contributed by atoms with Crippen molar-refractivity contribution in [2.75, 3.05) is 4.90 Å². The molecule has 0 bridgehead atoms. The molecule has 2 heteroatoms. The van der Waals surface area contributed by atoms with Gasteiger partial charge in [-0.1, -0.05) is 194 Å². The summed E-state index contributed by atoms with van der Waals surface area (Å²) in [5, 5.41) is 4.74. The molecule has 0 fully saturated rings. The molecule has 11 rings (SSSR count). The van der Waals surface area contributed by atoms with E-state index in [1.807, 2.05) is 0 Å². The lowest BCUT2D eigenvalue weighted by molar-refractivity contribution is 0.671. The second-order valence-corrected chi connectivity index (χ2v) is 15.3. The van der Waals surface area contributed by atoms with Gasteiger partial charge in [0.15, 0.2) is 0 Å². The van der Waals surface area contributed by atoms with Crippen molar-refractivity contribution < 1.29 is 4.42 Å². The fraction of sp³-hybridized carbons (Fsp3) is 0. The van der Waals surface area contributed by atoms with Crippen molar-refractivity contribution in [3.05, 3.63) is 237 Å². The molecule has 0 radical (unpaired) electrons. The van der Waals surface area contributed by atoms with Gasteiger partial charge in [0.05, 0.1) is 0 Å². The highest BCUT2D eigenvalue weighted by atomic mass is 16.3. The maximum absolute atomic E-state index is 6.81.